The molecule has 3 heteroatoms. The fraction of sp³-hybridized carbons (Fsp3) is 0.875. The van der Waals surface area contributed by atoms with E-state index in [1.165, 1.54) is 19.3 Å². The van der Waals surface area contributed by atoms with Crippen LogP contribution in [0.1, 0.15) is 26.2 Å². The predicted octanol–water partition coefficient (Wildman–Crippen LogP) is 2.16. The maximum absolute atomic E-state index is 5.12. The average Bonchev–Trinajstić information content (AvgIpc) is 2.27. The minimum Gasteiger partial charge on any atom is -0.367 e. The Bertz CT molecular complexity index is 181. The van der Waals surface area contributed by atoms with Gasteiger partial charge >= 0.3 is 0 Å². The molecule has 0 radical (unpaired) electrons. The second kappa shape index (κ2) is 2.94. The number of hydrogen-bond acceptors (Lipinski definition) is 2. The highest BCUT2D eigenvalue weighted by molar-refractivity contribution is 8.23. The van der Waals surface area contributed by atoms with Gasteiger partial charge < -0.3 is 5.32 Å². The Labute approximate surface area is 77.3 Å². The molecular weight excluding hydrogens is 174 g/mol. The van der Waals surface area contributed by atoms with E-state index in [4.69, 9.17) is 12.2 Å². The summed E-state index contributed by atoms with van der Waals surface area (Å²) in [6, 6.07) is 0.698. The second-order valence-corrected chi connectivity index (χ2v) is 5.53. The summed E-state index contributed by atoms with van der Waals surface area (Å²) in [7, 11) is 0. The van der Waals surface area contributed by atoms with Crippen molar-refractivity contribution in [2.45, 2.75) is 37.5 Å². The van der Waals surface area contributed by atoms with Crippen LogP contribution >= 0.6 is 24.0 Å². The second-order valence-electron chi connectivity index (χ2n) is 3.61. The molecule has 0 aromatic rings. The highest BCUT2D eigenvalue weighted by Gasteiger charge is 2.35. The Balaban J connectivity index is 2.02. The van der Waals surface area contributed by atoms with Crippen molar-refractivity contribution < 1.29 is 0 Å². The van der Waals surface area contributed by atoms with Gasteiger partial charge in [-0.05, 0) is 25.2 Å². The van der Waals surface area contributed by atoms with E-state index in [0.717, 1.165) is 15.5 Å². The van der Waals surface area contributed by atoms with Crippen LogP contribution in [-0.2, 0) is 0 Å². The van der Waals surface area contributed by atoms with Crippen LogP contribution in [0.15, 0.2) is 0 Å². The maximum Gasteiger partial charge on any atom is 0.134 e. The fourth-order valence-corrected chi connectivity index (χ4v) is 3.76. The van der Waals surface area contributed by atoms with Crippen molar-refractivity contribution in [2.75, 3.05) is 0 Å². The standard InChI is InChI=1S/C8H13NS2/c1-5-2-3-6-7(4-5)11-8(10)9-6/h5-7H,2-4H2,1H3,(H,9,10). The first kappa shape index (κ1) is 7.87. The van der Waals surface area contributed by atoms with E-state index in [1.54, 1.807) is 0 Å². The molecule has 1 saturated heterocycles. The van der Waals surface area contributed by atoms with Gasteiger partial charge in [-0.2, -0.15) is 0 Å². The maximum atomic E-state index is 5.12. The zero-order valence-electron chi connectivity index (χ0n) is 6.67. The SMILES string of the molecule is CC1CCC2NC(=S)SC2C1. The van der Waals surface area contributed by atoms with E-state index in [-0.39, 0.29) is 0 Å². The molecule has 3 atom stereocenters. The van der Waals surface area contributed by atoms with Gasteiger partial charge in [0.1, 0.15) is 4.32 Å². The number of hydrogen-bond donors (Lipinski definition) is 1. The molecule has 3 unspecified atom stereocenters. The number of thioether (sulfide) groups is 1. The zero-order chi connectivity index (χ0) is 7.84. The van der Waals surface area contributed by atoms with E-state index >= 15 is 0 Å². The van der Waals surface area contributed by atoms with E-state index < -0.39 is 0 Å². The quantitative estimate of drug-likeness (QED) is 0.584. The molecule has 1 saturated carbocycles. The van der Waals surface area contributed by atoms with Gasteiger partial charge in [-0.15, -0.1) is 0 Å². The topological polar surface area (TPSA) is 12.0 Å². The molecule has 0 bridgehead atoms. The molecule has 11 heavy (non-hydrogen) atoms. The van der Waals surface area contributed by atoms with Crippen molar-refractivity contribution in [3.8, 4) is 0 Å². The molecule has 62 valence electrons. The molecule has 1 heterocycles. The molecule has 0 amide bonds. The molecule has 0 aromatic carbocycles. The number of nitrogens with one attached hydrogen (secondary N) is 1. The summed E-state index contributed by atoms with van der Waals surface area (Å²) in [5.74, 6) is 0.909. The number of fused-ring (bicyclic) bond motifs is 1. The lowest BCUT2D eigenvalue weighted by molar-refractivity contribution is 0.348. The first-order valence-corrected chi connectivity index (χ1v) is 5.51. The third-order valence-electron chi connectivity index (χ3n) is 2.62. The highest BCUT2D eigenvalue weighted by Crippen LogP contribution is 2.36. The van der Waals surface area contributed by atoms with Crippen molar-refractivity contribution in [2.24, 2.45) is 5.92 Å². The summed E-state index contributed by atoms with van der Waals surface area (Å²) in [4.78, 5) is 0. The molecule has 2 rings (SSSR count). The molecule has 2 fully saturated rings. The zero-order valence-corrected chi connectivity index (χ0v) is 8.30. The summed E-state index contributed by atoms with van der Waals surface area (Å²) in [5, 5.41) is 4.15. The summed E-state index contributed by atoms with van der Waals surface area (Å²) < 4.78 is 1.02. The molecule has 1 N–H and O–H groups in total. The first-order chi connectivity index (χ1) is 5.25. The van der Waals surface area contributed by atoms with Gasteiger partial charge in [0.05, 0.1) is 0 Å². The van der Waals surface area contributed by atoms with E-state index in [1.807, 2.05) is 11.8 Å². The molecule has 0 aromatic heterocycles. The van der Waals surface area contributed by atoms with Crippen molar-refractivity contribution in [1.82, 2.24) is 5.32 Å². The molecule has 2 aliphatic rings. The van der Waals surface area contributed by atoms with Crippen LogP contribution in [0, 0.1) is 5.92 Å². The van der Waals surface area contributed by atoms with Crippen LogP contribution in [0.3, 0.4) is 0 Å². The minimum absolute atomic E-state index is 0.698. The van der Waals surface area contributed by atoms with E-state index in [0.29, 0.717) is 6.04 Å². The van der Waals surface area contributed by atoms with Gasteiger partial charge in [-0.1, -0.05) is 30.9 Å². The largest absolute Gasteiger partial charge is 0.367 e. The highest BCUT2D eigenvalue weighted by atomic mass is 32.2. The first-order valence-electron chi connectivity index (χ1n) is 4.23. The van der Waals surface area contributed by atoms with Gasteiger partial charge in [-0.25, -0.2) is 0 Å². The van der Waals surface area contributed by atoms with E-state index in [9.17, 15) is 0 Å². The fourth-order valence-electron chi connectivity index (χ4n) is 1.95. The third kappa shape index (κ3) is 1.54. The van der Waals surface area contributed by atoms with Crippen LogP contribution in [0.25, 0.3) is 0 Å². The summed E-state index contributed by atoms with van der Waals surface area (Å²) in [6.45, 7) is 2.35. The Kier molecular flexibility index (Phi) is 2.10. The van der Waals surface area contributed by atoms with Crippen LogP contribution in [0.2, 0.25) is 0 Å². The molecule has 1 aliphatic heterocycles. The molecule has 1 aliphatic carbocycles. The summed E-state index contributed by atoms with van der Waals surface area (Å²) in [5.41, 5.74) is 0. The lowest BCUT2D eigenvalue weighted by Crippen LogP contribution is -2.35. The predicted molar refractivity (Wildman–Crippen MR) is 53.9 cm³/mol. The summed E-state index contributed by atoms with van der Waals surface area (Å²) >= 11 is 7.00. The molecular formula is C8H13NS2. The number of rotatable bonds is 0. The normalized spacial score (nSPS) is 43.4. The van der Waals surface area contributed by atoms with Gasteiger partial charge in [0.15, 0.2) is 0 Å². The van der Waals surface area contributed by atoms with Crippen molar-refractivity contribution in [3.05, 3.63) is 0 Å². The van der Waals surface area contributed by atoms with Crippen LogP contribution < -0.4 is 5.32 Å². The van der Waals surface area contributed by atoms with E-state index in [2.05, 4.69) is 12.2 Å². The minimum atomic E-state index is 0.698. The molecule has 0 spiro atoms. The Morgan fingerprint density at radius 1 is 1.55 bits per heavy atom. The monoisotopic (exact) mass is 187 g/mol. The molecule has 1 nitrogen and oxygen atoms in total. The van der Waals surface area contributed by atoms with Gasteiger partial charge in [-0.3, -0.25) is 0 Å². The Morgan fingerprint density at radius 3 is 3.18 bits per heavy atom. The van der Waals surface area contributed by atoms with Gasteiger partial charge in [0.25, 0.3) is 0 Å². The Morgan fingerprint density at radius 2 is 2.36 bits per heavy atom. The lowest BCUT2D eigenvalue weighted by Gasteiger charge is -2.27. The number of thiocarbonyl (C=S) groups is 1. The third-order valence-corrected chi connectivity index (χ3v) is 4.18. The summed E-state index contributed by atoms with van der Waals surface area (Å²) in [6.07, 6.45) is 4.04. The smallest absolute Gasteiger partial charge is 0.134 e. The van der Waals surface area contributed by atoms with Crippen LogP contribution in [0.5, 0.6) is 0 Å². The van der Waals surface area contributed by atoms with Gasteiger partial charge in [0, 0.05) is 11.3 Å². The van der Waals surface area contributed by atoms with Crippen molar-refractivity contribution >= 4 is 28.3 Å². The average molecular weight is 187 g/mol. The van der Waals surface area contributed by atoms with Crippen LogP contribution in [-0.4, -0.2) is 15.6 Å². The van der Waals surface area contributed by atoms with Crippen LogP contribution in [0.4, 0.5) is 0 Å². The Hall–Kier alpha value is 0.240. The van der Waals surface area contributed by atoms with Crippen molar-refractivity contribution in [1.29, 1.82) is 0 Å². The lowest BCUT2D eigenvalue weighted by atomic mass is 9.87. The van der Waals surface area contributed by atoms with Gasteiger partial charge in [0.2, 0.25) is 0 Å². The van der Waals surface area contributed by atoms with Crippen molar-refractivity contribution in [3.63, 3.8) is 0 Å².